The van der Waals surface area contributed by atoms with E-state index in [1.165, 1.54) is 18.2 Å². The van der Waals surface area contributed by atoms with Crippen molar-refractivity contribution in [2.45, 2.75) is 64.4 Å². The van der Waals surface area contributed by atoms with Crippen LogP contribution in [0.25, 0.3) is 32.8 Å². The zero-order chi connectivity index (χ0) is 47.7. The number of carbonyl (C=O) groups excluding carboxylic acids is 4. The maximum Gasteiger partial charge on any atom is 0.262 e. The molecule has 3 fully saturated rings. The highest BCUT2D eigenvalue weighted by molar-refractivity contribution is 6.35. The second kappa shape index (κ2) is 18.0. The highest BCUT2D eigenvalue weighted by Crippen LogP contribution is 2.43. The summed E-state index contributed by atoms with van der Waals surface area (Å²) >= 11 is 7.10. The number of rotatable bonds is 13. The lowest BCUT2D eigenvalue weighted by Crippen LogP contribution is -2.63. The van der Waals surface area contributed by atoms with E-state index in [1.54, 1.807) is 6.07 Å². The summed E-state index contributed by atoms with van der Waals surface area (Å²) in [6, 6.07) is 15.4. The molecule has 4 aliphatic heterocycles. The summed E-state index contributed by atoms with van der Waals surface area (Å²) in [6.07, 6.45) is -0.746. The number of aliphatic hydroxyl groups excluding tert-OH is 1. The molecule has 4 amide bonds. The van der Waals surface area contributed by atoms with Crippen LogP contribution in [0.3, 0.4) is 0 Å². The van der Waals surface area contributed by atoms with Crippen LogP contribution in [-0.4, -0.2) is 127 Å². The third-order valence-corrected chi connectivity index (χ3v) is 14.5. The fraction of sp³-hybridized carbons (Fsp3) is 0.380. The lowest BCUT2D eigenvalue weighted by atomic mass is 9.98. The number of aliphatic hydroxyl groups is 2. The van der Waals surface area contributed by atoms with Crippen molar-refractivity contribution >= 4 is 62.6 Å². The molecular formula is C50H51ClF2N8O7. The number of hydrogen-bond donors (Lipinski definition) is 3. The predicted octanol–water partition coefficient (Wildman–Crippen LogP) is 5.65. The van der Waals surface area contributed by atoms with Crippen LogP contribution in [0.2, 0.25) is 5.02 Å². The maximum absolute atomic E-state index is 15.6. The summed E-state index contributed by atoms with van der Waals surface area (Å²) in [5.74, 6) is -2.92. The van der Waals surface area contributed by atoms with E-state index >= 15 is 4.39 Å². The van der Waals surface area contributed by atoms with Gasteiger partial charge in [0.15, 0.2) is 6.29 Å². The van der Waals surface area contributed by atoms with Crippen molar-refractivity contribution in [1.82, 2.24) is 34.4 Å². The van der Waals surface area contributed by atoms with Gasteiger partial charge < -0.3 is 24.4 Å². The Balaban J connectivity index is 0.832. The fourth-order valence-corrected chi connectivity index (χ4v) is 10.9. The van der Waals surface area contributed by atoms with Gasteiger partial charge in [0.05, 0.1) is 45.3 Å². The molecule has 18 heteroatoms. The number of anilines is 1. The number of fused-ring (bicyclic) bond motifs is 3. The van der Waals surface area contributed by atoms with E-state index in [-0.39, 0.29) is 41.5 Å². The topological polar surface area (TPSA) is 166 Å². The highest BCUT2D eigenvalue weighted by Gasteiger charge is 2.46. The SMILES string of the molecule is Cc1nn(C)c(C)c1-c1c(Cl)ccc2c(CCCOc3cccc4cc(F)ccc34)c(C(O)O)n(CCN3CCN(C4CN(c5cc6c(cc5F)C(=O)N(C5CCC(=O)NC5=O)C6=O)C4)CC3)c12. The van der Waals surface area contributed by atoms with Crippen molar-refractivity contribution in [3.63, 3.8) is 0 Å². The minimum atomic E-state index is -1.79. The summed E-state index contributed by atoms with van der Waals surface area (Å²) in [5.41, 5.74) is 5.54. The molecule has 68 heavy (non-hydrogen) atoms. The number of nitrogens with zero attached hydrogens (tertiary/aromatic N) is 7. The molecule has 3 saturated heterocycles. The number of carbonyl (C=O) groups is 4. The standard InChI is InChI=1S/C50H51ClF2N8O7/c1-27-43(28(2)56(3)55-27)44-37(51)12-11-34-33(7-5-21-68-41-8-4-6-29-22-30(52)9-10-32(29)41)46(50(66)67)60(45(34)44)20-17-57-15-18-58(19-16-57)31-25-59(26-31)40-24-36-35(23-38(40)53)48(64)61(49(36)65)39-13-14-42(62)54-47(39)63/h4,6,8-12,22-24,31,39,50,66-67H,5,7,13-21,25-26H2,1-3H3,(H,54,62,63). The molecule has 1 atom stereocenters. The number of piperidine rings is 1. The first-order chi connectivity index (χ1) is 32.7. The smallest absolute Gasteiger partial charge is 0.262 e. The number of halogens is 3. The number of aromatic nitrogens is 3. The fourth-order valence-electron chi connectivity index (χ4n) is 10.7. The van der Waals surface area contributed by atoms with Crippen LogP contribution in [0, 0.1) is 25.5 Å². The quantitative estimate of drug-likeness (QED) is 0.0745. The largest absolute Gasteiger partial charge is 0.493 e. The summed E-state index contributed by atoms with van der Waals surface area (Å²) in [4.78, 5) is 58.3. The lowest BCUT2D eigenvalue weighted by Gasteiger charge is -2.49. The summed E-state index contributed by atoms with van der Waals surface area (Å²) in [7, 11) is 1.89. The van der Waals surface area contributed by atoms with Crippen molar-refractivity contribution in [3.8, 4) is 16.9 Å². The van der Waals surface area contributed by atoms with Gasteiger partial charge in [0.1, 0.15) is 23.4 Å². The van der Waals surface area contributed by atoms with Gasteiger partial charge in [-0.2, -0.15) is 5.10 Å². The van der Waals surface area contributed by atoms with Crippen LogP contribution in [0.1, 0.15) is 68.9 Å². The third-order valence-electron chi connectivity index (χ3n) is 14.2. The molecule has 3 N–H and O–H groups in total. The van der Waals surface area contributed by atoms with Crippen LogP contribution >= 0.6 is 11.6 Å². The molecule has 0 radical (unpaired) electrons. The number of ether oxygens (including phenoxy) is 1. The number of aryl methyl sites for hydroxylation is 3. The van der Waals surface area contributed by atoms with Gasteiger partial charge in [0.2, 0.25) is 11.8 Å². The Kier molecular flexibility index (Phi) is 12.1. The number of hydrogen-bond acceptors (Lipinski definition) is 11. The molecule has 6 heterocycles. The van der Waals surface area contributed by atoms with E-state index in [0.717, 1.165) is 86.9 Å². The summed E-state index contributed by atoms with van der Waals surface area (Å²) in [6.45, 7) is 9.35. The molecule has 4 aromatic carbocycles. The minimum Gasteiger partial charge on any atom is -0.493 e. The zero-order valence-electron chi connectivity index (χ0n) is 37.9. The van der Waals surface area contributed by atoms with Crippen LogP contribution < -0.4 is 15.0 Å². The van der Waals surface area contributed by atoms with Crippen LogP contribution in [0.4, 0.5) is 14.5 Å². The van der Waals surface area contributed by atoms with Gasteiger partial charge in [-0.05, 0) is 86.5 Å². The molecule has 0 bridgehead atoms. The van der Waals surface area contributed by atoms with Crippen LogP contribution in [0.15, 0.2) is 60.7 Å². The molecule has 0 saturated carbocycles. The molecule has 6 aromatic rings. The van der Waals surface area contributed by atoms with E-state index in [4.69, 9.17) is 21.4 Å². The van der Waals surface area contributed by atoms with E-state index in [1.807, 2.05) is 65.4 Å². The van der Waals surface area contributed by atoms with Crippen LogP contribution in [-0.2, 0) is 29.6 Å². The average Bonchev–Trinajstić information content (AvgIpc) is 3.84. The Bertz CT molecular complexity index is 3050. The van der Waals surface area contributed by atoms with Gasteiger partial charge in [-0.25, -0.2) is 8.78 Å². The van der Waals surface area contributed by atoms with Gasteiger partial charge in [-0.15, -0.1) is 0 Å². The molecule has 1 unspecified atom stereocenters. The normalized spacial score (nSPS) is 18.4. The molecular weight excluding hydrogens is 898 g/mol. The Morgan fingerprint density at radius 3 is 2.34 bits per heavy atom. The molecule has 15 nitrogen and oxygen atoms in total. The number of benzene rings is 4. The van der Waals surface area contributed by atoms with E-state index < -0.39 is 41.8 Å². The monoisotopic (exact) mass is 948 g/mol. The second-order valence-corrected chi connectivity index (χ2v) is 18.6. The van der Waals surface area contributed by atoms with Crippen molar-refractivity contribution < 1.29 is 42.9 Å². The molecule has 354 valence electrons. The molecule has 0 aliphatic carbocycles. The lowest BCUT2D eigenvalue weighted by molar-refractivity contribution is -0.136. The summed E-state index contributed by atoms with van der Waals surface area (Å²) < 4.78 is 39.6. The number of amides is 4. The van der Waals surface area contributed by atoms with E-state index in [0.29, 0.717) is 62.1 Å². The summed E-state index contributed by atoms with van der Waals surface area (Å²) in [5, 5.41) is 32.1. The van der Waals surface area contributed by atoms with Crippen molar-refractivity contribution in [2.24, 2.45) is 7.05 Å². The van der Waals surface area contributed by atoms with Gasteiger partial charge in [-0.3, -0.25) is 43.9 Å². The van der Waals surface area contributed by atoms with Gasteiger partial charge in [-0.1, -0.05) is 29.8 Å². The maximum atomic E-state index is 15.6. The molecule has 0 spiro atoms. The first kappa shape index (κ1) is 45.5. The van der Waals surface area contributed by atoms with Crippen LogP contribution in [0.5, 0.6) is 5.75 Å². The highest BCUT2D eigenvalue weighted by atomic mass is 35.5. The number of piperazine rings is 1. The van der Waals surface area contributed by atoms with E-state index in [2.05, 4.69) is 15.1 Å². The second-order valence-electron chi connectivity index (χ2n) is 18.2. The Morgan fingerprint density at radius 2 is 1.63 bits per heavy atom. The average molecular weight is 949 g/mol. The minimum absolute atomic E-state index is 0.00645. The third kappa shape index (κ3) is 7.98. The first-order valence-electron chi connectivity index (χ1n) is 23.0. The Labute approximate surface area is 395 Å². The zero-order valence-corrected chi connectivity index (χ0v) is 38.7. The van der Waals surface area contributed by atoms with Gasteiger partial charge in [0, 0.05) is 99.5 Å². The molecule has 2 aromatic heterocycles. The Morgan fingerprint density at radius 1 is 0.897 bits per heavy atom. The Hall–Kier alpha value is -6.24. The number of nitrogens with one attached hydrogen (secondary N) is 1. The molecule has 10 rings (SSSR count). The molecule has 4 aliphatic rings. The van der Waals surface area contributed by atoms with Crippen molar-refractivity contribution in [3.05, 3.63) is 111 Å². The first-order valence-corrected chi connectivity index (χ1v) is 23.3. The predicted molar refractivity (Wildman–Crippen MR) is 251 cm³/mol. The van der Waals surface area contributed by atoms with Gasteiger partial charge in [0.25, 0.3) is 11.8 Å². The van der Waals surface area contributed by atoms with Crippen molar-refractivity contribution in [2.75, 3.05) is 57.3 Å². The van der Waals surface area contributed by atoms with E-state index in [9.17, 15) is 33.8 Å². The van der Waals surface area contributed by atoms with Gasteiger partial charge >= 0.3 is 0 Å². The number of imide groups is 2. The van der Waals surface area contributed by atoms with Crippen molar-refractivity contribution in [1.29, 1.82) is 0 Å².